The highest BCUT2D eigenvalue weighted by molar-refractivity contribution is 6.32. The molecule has 1 aliphatic heterocycles. The van der Waals surface area contributed by atoms with Crippen LogP contribution < -0.4 is 4.90 Å². The molecule has 0 radical (unpaired) electrons. The molecule has 3 aliphatic carbocycles. The SMILES string of the molecule is O=C1C(c2ccccc2)=CC(=O)C2(c3ccccc3)C1CC1C(=CCC3C(=O)N(c4ccccc4)C(=O)C31)C2c1ccc(O)c2ccccc12. The first-order chi connectivity index (χ1) is 24.4. The number of anilines is 1. The van der Waals surface area contributed by atoms with Crippen LogP contribution in [0.1, 0.15) is 35.4 Å². The molecule has 1 heterocycles. The van der Waals surface area contributed by atoms with Gasteiger partial charge < -0.3 is 5.11 Å². The van der Waals surface area contributed by atoms with Crippen LogP contribution in [0.3, 0.4) is 0 Å². The van der Waals surface area contributed by atoms with Crippen molar-refractivity contribution >= 4 is 45.4 Å². The number of rotatable bonds is 4. The van der Waals surface area contributed by atoms with Crippen LogP contribution in [-0.4, -0.2) is 28.5 Å². The van der Waals surface area contributed by atoms with Gasteiger partial charge in [0.15, 0.2) is 11.6 Å². The van der Waals surface area contributed by atoms with E-state index in [4.69, 9.17) is 0 Å². The average Bonchev–Trinajstić information content (AvgIpc) is 3.42. The van der Waals surface area contributed by atoms with Gasteiger partial charge in [0.2, 0.25) is 11.8 Å². The smallest absolute Gasteiger partial charge is 0.238 e. The third-order valence-electron chi connectivity index (χ3n) is 11.6. The lowest BCUT2D eigenvalue weighted by atomic mass is 9.44. The molecule has 4 aliphatic rings. The highest BCUT2D eigenvalue weighted by atomic mass is 16.3. The van der Waals surface area contributed by atoms with E-state index in [9.17, 15) is 14.7 Å². The molecule has 6 atom stereocenters. The van der Waals surface area contributed by atoms with E-state index in [-0.39, 0.29) is 35.6 Å². The Morgan fingerprint density at radius 2 is 1.30 bits per heavy atom. The van der Waals surface area contributed by atoms with E-state index >= 15 is 9.59 Å². The van der Waals surface area contributed by atoms with Gasteiger partial charge in [-0.2, -0.15) is 0 Å². The Bertz CT molecular complexity index is 2290. The van der Waals surface area contributed by atoms with Crippen LogP contribution >= 0.6 is 0 Å². The minimum absolute atomic E-state index is 0.118. The lowest BCUT2D eigenvalue weighted by Crippen LogP contribution is -2.58. The van der Waals surface area contributed by atoms with E-state index in [2.05, 4.69) is 6.08 Å². The van der Waals surface area contributed by atoms with Crippen molar-refractivity contribution in [2.24, 2.45) is 23.7 Å². The van der Waals surface area contributed by atoms with Crippen LogP contribution in [-0.2, 0) is 24.6 Å². The fraction of sp³-hybridized carbons (Fsp3) is 0.182. The maximum Gasteiger partial charge on any atom is 0.238 e. The Morgan fingerprint density at radius 3 is 2.02 bits per heavy atom. The Balaban J connectivity index is 1.32. The minimum Gasteiger partial charge on any atom is -0.507 e. The van der Waals surface area contributed by atoms with Gasteiger partial charge in [-0.3, -0.25) is 24.1 Å². The number of hydrogen-bond donors (Lipinski definition) is 1. The fourth-order valence-electron chi connectivity index (χ4n) is 9.61. The van der Waals surface area contributed by atoms with E-state index in [1.807, 2.05) is 109 Å². The number of carbonyl (C=O) groups excluding carboxylic acids is 4. The van der Waals surface area contributed by atoms with Crippen molar-refractivity contribution in [2.75, 3.05) is 4.90 Å². The van der Waals surface area contributed by atoms with Crippen LogP contribution in [0.25, 0.3) is 16.3 Å². The quantitative estimate of drug-likeness (QED) is 0.159. The van der Waals surface area contributed by atoms with Crippen molar-refractivity contribution < 1.29 is 24.3 Å². The summed E-state index contributed by atoms with van der Waals surface area (Å²) in [7, 11) is 0. The molecule has 1 saturated carbocycles. The number of aromatic hydroxyl groups is 1. The molecule has 244 valence electrons. The van der Waals surface area contributed by atoms with Gasteiger partial charge in [-0.15, -0.1) is 0 Å². The number of amides is 2. The van der Waals surface area contributed by atoms with Gasteiger partial charge in [0.1, 0.15) is 5.75 Å². The number of fused-ring (bicyclic) bond motifs is 5. The molecule has 6 nitrogen and oxygen atoms in total. The summed E-state index contributed by atoms with van der Waals surface area (Å²) < 4.78 is 0. The molecule has 5 aromatic carbocycles. The molecule has 5 aromatic rings. The van der Waals surface area contributed by atoms with Crippen molar-refractivity contribution in [3.05, 3.63) is 162 Å². The van der Waals surface area contributed by atoms with Gasteiger partial charge >= 0.3 is 0 Å². The predicted molar refractivity (Wildman–Crippen MR) is 191 cm³/mol. The molecule has 0 spiro atoms. The van der Waals surface area contributed by atoms with E-state index in [1.165, 1.54) is 11.0 Å². The highest BCUT2D eigenvalue weighted by Crippen LogP contribution is 2.64. The molecule has 2 fully saturated rings. The molecular formula is C44H33NO5. The first kappa shape index (κ1) is 30.2. The van der Waals surface area contributed by atoms with Gasteiger partial charge in [0, 0.05) is 22.8 Å². The lowest BCUT2D eigenvalue weighted by Gasteiger charge is -2.55. The second kappa shape index (κ2) is 11.3. The number of ketones is 2. The van der Waals surface area contributed by atoms with E-state index in [0.717, 1.165) is 22.1 Å². The zero-order chi connectivity index (χ0) is 34.1. The molecule has 1 saturated heterocycles. The molecule has 0 bridgehead atoms. The average molecular weight is 656 g/mol. The second-order valence-corrected chi connectivity index (χ2v) is 13.9. The number of Topliss-reactive ketones (excluding diaryl/α,β-unsaturated/α-hetero) is 1. The van der Waals surface area contributed by atoms with Gasteiger partial charge in [0.25, 0.3) is 0 Å². The summed E-state index contributed by atoms with van der Waals surface area (Å²) in [6.45, 7) is 0. The Labute approximate surface area is 289 Å². The van der Waals surface area contributed by atoms with Gasteiger partial charge in [-0.05, 0) is 65.1 Å². The monoisotopic (exact) mass is 655 g/mol. The lowest BCUT2D eigenvalue weighted by molar-refractivity contribution is -0.134. The number of para-hydroxylation sites is 1. The summed E-state index contributed by atoms with van der Waals surface area (Å²) in [5.41, 5.74) is 2.66. The third-order valence-corrected chi connectivity index (χ3v) is 11.6. The van der Waals surface area contributed by atoms with Crippen molar-refractivity contribution in [1.82, 2.24) is 0 Å². The number of nitrogens with zero attached hydrogens (tertiary/aromatic N) is 1. The van der Waals surface area contributed by atoms with Crippen LogP contribution in [0.15, 0.2) is 145 Å². The Morgan fingerprint density at radius 1 is 0.660 bits per heavy atom. The molecule has 50 heavy (non-hydrogen) atoms. The summed E-state index contributed by atoms with van der Waals surface area (Å²) in [4.78, 5) is 60.3. The molecule has 2 amide bonds. The third kappa shape index (κ3) is 4.14. The van der Waals surface area contributed by atoms with Gasteiger partial charge in [0.05, 0.1) is 22.9 Å². The van der Waals surface area contributed by atoms with Crippen molar-refractivity contribution in [2.45, 2.75) is 24.2 Å². The van der Waals surface area contributed by atoms with Crippen molar-refractivity contribution in [3.63, 3.8) is 0 Å². The fourth-order valence-corrected chi connectivity index (χ4v) is 9.61. The second-order valence-electron chi connectivity index (χ2n) is 13.9. The van der Waals surface area contributed by atoms with Crippen LogP contribution in [0.2, 0.25) is 0 Å². The number of allylic oxidation sites excluding steroid dienone is 4. The molecule has 0 aromatic heterocycles. The Kier molecular flexibility index (Phi) is 6.85. The van der Waals surface area contributed by atoms with E-state index in [0.29, 0.717) is 28.6 Å². The summed E-state index contributed by atoms with van der Waals surface area (Å²) in [6, 6.07) is 38.9. The standard InChI is InChI=1S/C44H33NO5/c46-37-23-22-31(29-18-10-11-19-30(29)37)40-32-20-21-33-39(43(50)45(42(33)49)28-16-8-3-9-17-28)35(32)24-36-41(48)34(26-12-4-1-5-13-26)25-38(47)44(36,40)27-14-6-2-7-15-27/h1-20,22-23,25,33,35-36,39-40,46H,21,24H2. The number of imide groups is 1. The van der Waals surface area contributed by atoms with Crippen LogP contribution in [0.5, 0.6) is 5.75 Å². The first-order valence-corrected chi connectivity index (χ1v) is 17.2. The van der Waals surface area contributed by atoms with E-state index < -0.39 is 35.0 Å². The summed E-state index contributed by atoms with van der Waals surface area (Å²) in [5, 5.41) is 12.4. The molecule has 1 N–H and O–H groups in total. The van der Waals surface area contributed by atoms with Gasteiger partial charge in [-0.1, -0.05) is 121 Å². The highest BCUT2D eigenvalue weighted by Gasteiger charge is 2.66. The number of benzene rings is 5. The largest absolute Gasteiger partial charge is 0.507 e. The maximum absolute atomic E-state index is 15.3. The topological polar surface area (TPSA) is 91.8 Å². The number of hydrogen-bond acceptors (Lipinski definition) is 5. The van der Waals surface area contributed by atoms with Gasteiger partial charge in [-0.25, -0.2) is 0 Å². The predicted octanol–water partition coefficient (Wildman–Crippen LogP) is 7.57. The maximum atomic E-state index is 15.3. The number of phenols is 1. The van der Waals surface area contributed by atoms with Crippen LogP contribution in [0, 0.1) is 23.7 Å². The number of carbonyl (C=O) groups is 4. The molecule has 6 unspecified atom stereocenters. The zero-order valence-electron chi connectivity index (χ0n) is 27.1. The normalized spacial score (nSPS) is 27.4. The minimum atomic E-state index is -1.34. The first-order valence-electron chi connectivity index (χ1n) is 17.2. The molecule has 9 rings (SSSR count). The molecule has 6 heteroatoms. The zero-order valence-corrected chi connectivity index (χ0v) is 27.1. The Hall–Kier alpha value is -5.88. The molecular weight excluding hydrogens is 622 g/mol. The van der Waals surface area contributed by atoms with E-state index in [1.54, 1.807) is 18.2 Å². The summed E-state index contributed by atoms with van der Waals surface area (Å²) in [5.74, 6) is -3.91. The number of phenolic OH excluding ortho intramolecular Hbond substituents is 1. The summed E-state index contributed by atoms with van der Waals surface area (Å²) >= 11 is 0. The van der Waals surface area contributed by atoms with Crippen molar-refractivity contribution in [3.8, 4) is 5.75 Å². The van der Waals surface area contributed by atoms with Crippen molar-refractivity contribution in [1.29, 1.82) is 0 Å². The van der Waals surface area contributed by atoms with Crippen LogP contribution in [0.4, 0.5) is 5.69 Å². The summed E-state index contributed by atoms with van der Waals surface area (Å²) in [6.07, 6.45) is 4.20.